The molecule has 2 aliphatic heterocycles. The van der Waals surface area contributed by atoms with Crippen molar-refractivity contribution >= 4 is 5.71 Å². The molecule has 1 saturated heterocycles. The molecule has 108 valence electrons. The van der Waals surface area contributed by atoms with Gasteiger partial charge in [0.1, 0.15) is 0 Å². The van der Waals surface area contributed by atoms with Gasteiger partial charge in [0.15, 0.2) is 5.66 Å². The highest BCUT2D eigenvalue weighted by Gasteiger charge is 2.61. The Morgan fingerprint density at radius 2 is 1.90 bits per heavy atom. The molecule has 2 aliphatic rings. The van der Waals surface area contributed by atoms with Gasteiger partial charge < -0.3 is 0 Å². The number of hydrogen-bond acceptors (Lipinski definition) is 3. The van der Waals surface area contributed by atoms with Crippen LogP contribution in [0.3, 0.4) is 0 Å². The van der Waals surface area contributed by atoms with Crippen LogP contribution in [0.4, 0.5) is 13.2 Å². The van der Waals surface area contributed by atoms with E-state index in [1.807, 2.05) is 30.3 Å². The number of fused-ring (bicyclic) bond motifs is 1. The Morgan fingerprint density at radius 1 is 1.15 bits per heavy atom. The maximum Gasteiger partial charge on any atom is 0.420 e. The normalized spacial score (nSPS) is 27.9. The molecule has 0 radical (unpaired) electrons. The smallest absolute Gasteiger partial charge is 0.290 e. The molecule has 1 atom stereocenters. The summed E-state index contributed by atoms with van der Waals surface area (Å²) in [4.78, 5) is 5.85. The lowest BCUT2D eigenvalue weighted by molar-refractivity contribution is -0.227. The highest BCUT2D eigenvalue weighted by molar-refractivity contribution is 6.01. The van der Waals surface area contributed by atoms with E-state index in [4.69, 9.17) is 0 Å². The second-order valence-electron chi connectivity index (χ2n) is 5.14. The van der Waals surface area contributed by atoms with Gasteiger partial charge in [0.25, 0.3) is 0 Å². The van der Waals surface area contributed by atoms with E-state index in [9.17, 15) is 13.2 Å². The fraction of sp³-hybridized carbons (Fsp3) is 0.500. The minimum atomic E-state index is -4.32. The topological polar surface area (TPSA) is 27.6 Å². The van der Waals surface area contributed by atoms with Crippen LogP contribution in [-0.2, 0) is 0 Å². The van der Waals surface area contributed by atoms with E-state index in [-0.39, 0.29) is 6.42 Å². The van der Waals surface area contributed by atoms with Crippen LogP contribution in [-0.4, -0.2) is 48.6 Å². The largest absolute Gasteiger partial charge is 0.420 e. The molecule has 1 aromatic rings. The summed E-state index contributed by atoms with van der Waals surface area (Å²) >= 11 is 0. The maximum absolute atomic E-state index is 13.6. The molecule has 0 bridgehead atoms. The fourth-order valence-corrected chi connectivity index (χ4v) is 2.98. The molecule has 2 heterocycles. The lowest BCUT2D eigenvalue weighted by atomic mass is 9.96. The zero-order valence-electron chi connectivity index (χ0n) is 11.0. The summed E-state index contributed by atoms with van der Waals surface area (Å²) in [5.41, 5.74) is -0.662. The number of nitrogens with one attached hydrogen (secondary N) is 1. The third-order valence-corrected chi connectivity index (χ3v) is 4.01. The van der Waals surface area contributed by atoms with E-state index >= 15 is 0 Å². The zero-order valence-corrected chi connectivity index (χ0v) is 11.0. The number of benzene rings is 1. The molecule has 3 rings (SSSR count). The highest BCUT2D eigenvalue weighted by Crippen LogP contribution is 2.40. The zero-order chi connectivity index (χ0) is 14.2. The number of nitrogens with zero attached hydrogens (tertiary/aromatic N) is 2. The van der Waals surface area contributed by atoms with Gasteiger partial charge >= 0.3 is 6.18 Å². The van der Waals surface area contributed by atoms with Crippen molar-refractivity contribution in [2.24, 2.45) is 4.99 Å². The van der Waals surface area contributed by atoms with E-state index in [0.29, 0.717) is 31.9 Å². The lowest BCUT2D eigenvalue weighted by Crippen LogP contribution is -2.62. The van der Waals surface area contributed by atoms with E-state index in [1.54, 1.807) is 0 Å². The Hall–Kier alpha value is -1.40. The third kappa shape index (κ3) is 2.13. The Kier molecular flexibility index (Phi) is 3.30. The van der Waals surface area contributed by atoms with Gasteiger partial charge in [-0.2, -0.15) is 13.2 Å². The van der Waals surface area contributed by atoms with Crippen LogP contribution < -0.4 is 5.32 Å². The maximum atomic E-state index is 13.6. The number of aliphatic imine (C=N–C) groups is 1. The van der Waals surface area contributed by atoms with Gasteiger partial charge in [0.2, 0.25) is 0 Å². The first kappa shape index (κ1) is 13.6. The van der Waals surface area contributed by atoms with Gasteiger partial charge in [-0.1, -0.05) is 30.3 Å². The summed E-state index contributed by atoms with van der Waals surface area (Å²) in [7, 11) is 0. The molecule has 0 unspecified atom stereocenters. The molecular weight excluding hydrogens is 267 g/mol. The predicted molar refractivity (Wildman–Crippen MR) is 70.8 cm³/mol. The molecule has 6 heteroatoms. The van der Waals surface area contributed by atoms with Crippen molar-refractivity contribution in [2.75, 3.05) is 26.2 Å². The minimum Gasteiger partial charge on any atom is -0.290 e. The average molecular weight is 283 g/mol. The molecule has 20 heavy (non-hydrogen) atoms. The number of rotatable bonds is 1. The summed E-state index contributed by atoms with van der Waals surface area (Å²) in [5.74, 6) is 0. The molecule has 1 aromatic carbocycles. The Labute approximate surface area is 115 Å². The number of halogens is 3. The predicted octanol–water partition coefficient (Wildman–Crippen LogP) is 2.04. The van der Waals surface area contributed by atoms with Crippen LogP contribution in [0.5, 0.6) is 0 Å². The van der Waals surface area contributed by atoms with Crippen LogP contribution in [0, 0.1) is 0 Å². The summed E-state index contributed by atoms with van der Waals surface area (Å²) in [6.45, 7) is 1.52. The summed E-state index contributed by atoms with van der Waals surface area (Å²) < 4.78 is 40.8. The first-order valence-corrected chi connectivity index (χ1v) is 6.68. The Balaban J connectivity index is 1.98. The van der Waals surface area contributed by atoms with Gasteiger partial charge in [-0.25, -0.2) is 0 Å². The van der Waals surface area contributed by atoms with Crippen molar-refractivity contribution in [3.8, 4) is 0 Å². The molecule has 3 nitrogen and oxygen atoms in total. The van der Waals surface area contributed by atoms with E-state index in [2.05, 4.69) is 10.3 Å². The molecular formula is C14H16F3N3. The minimum absolute atomic E-state index is 0.138. The quantitative estimate of drug-likeness (QED) is 0.854. The molecule has 0 saturated carbocycles. The number of hydrogen-bond donors (Lipinski definition) is 1. The molecule has 1 fully saturated rings. The lowest BCUT2D eigenvalue weighted by Gasteiger charge is -2.38. The van der Waals surface area contributed by atoms with Gasteiger partial charge in [-0.05, 0) is 5.56 Å². The molecule has 0 spiro atoms. The van der Waals surface area contributed by atoms with Crippen LogP contribution in [0.15, 0.2) is 35.3 Å². The van der Waals surface area contributed by atoms with Crippen molar-refractivity contribution in [2.45, 2.75) is 18.3 Å². The standard InChI is InChI=1S/C14H16F3N3/c15-14(16,17)13-10-12(11-4-2-1-3-5-11)18-6-8-20(13)9-7-19-13/h1-5,19H,6-10H2/t13-/m1/s1. The first-order chi connectivity index (χ1) is 9.53. The molecule has 0 amide bonds. The van der Waals surface area contributed by atoms with E-state index in [1.165, 1.54) is 4.90 Å². The van der Waals surface area contributed by atoms with Crippen LogP contribution in [0.25, 0.3) is 0 Å². The second kappa shape index (κ2) is 4.86. The summed E-state index contributed by atoms with van der Waals surface area (Å²) in [6, 6.07) is 9.12. The van der Waals surface area contributed by atoms with Crippen molar-refractivity contribution < 1.29 is 13.2 Å². The fourth-order valence-electron chi connectivity index (χ4n) is 2.98. The molecule has 0 aromatic heterocycles. The molecule has 1 N–H and O–H groups in total. The van der Waals surface area contributed by atoms with Crippen LogP contribution in [0.1, 0.15) is 12.0 Å². The van der Waals surface area contributed by atoms with Gasteiger partial charge in [0, 0.05) is 31.8 Å². The van der Waals surface area contributed by atoms with Gasteiger partial charge in [0.05, 0.1) is 6.54 Å². The van der Waals surface area contributed by atoms with Crippen molar-refractivity contribution in [3.05, 3.63) is 35.9 Å². The highest BCUT2D eigenvalue weighted by atomic mass is 19.4. The van der Waals surface area contributed by atoms with Crippen molar-refractivity contribution in [1.29, 1.82) is 0 Å². The van der Waals surface area contributed by atoms with Crippen LogP contribution >= 0.6 is 0 Å². The van der Waals surface area contributed by atoms with Crippen molar-refractivity contribution in [1.82, 2.24) is 10.2 Å². The van der Waals surface area contributed by atoms with Crippen LogP contribution in [0.2, 0.25) is 0 Å². The first-order valence-electron chi connectivity index (χ1n) is 6.68. The van der Waals surface area contributed by atoms with Crippen molar-refractivity contribution in [3.63, 3.8) is 0 Å². The third-order valence-electron chi connectivity index (χ3n) is 4.01. The van der Waals surface area contributed by atoms with E-state index < -0.39 is 11.8 Å². The Morgan fingerprint density at radius 3 is 2.60 bits per heavy atom. The molecule has 0 aliphatic carbocycles. The summed E-state index contributed by atoms with van der Waals surface area (Å²) in [6.07, 6.45) is -4.45. The van der Waals surface area contributed by atoms with Gasteiger partial charge in [-0.15, -0.1) is 0 Å². The van der Waals surface area contributed by atoms with E-state index in [0.717, 1.165) is 5.56 Å². The average Bonchev–Trinajstić information content (AvgIpc) is 2.74. The number of alkyl halides is 3. The SMILES string of the molecule is FC(F)(F)[C@@]12CC(c3ccccc3)=NCCN1CCN2. The Bertz CT molecular complexity index is 512. The monoisotopic (exact) mass is 283 g/mol. The van der Waals surface area contributed by atoms with Gasteiger partial charge in [-0.3, -0.25) is 15.2 Å². The summed E-state index contributed by atoms with van der Waals surface area (Å²) in [5, 5.41) is 2.67. The second-order valence-corrected chi connectivity index (χ2v) is 5.14.